The SMILES string of the molecule is CCOc1ccc(NC(=O)c2ccc(CN)o2)cc1Cl. The number of hydrogen-bond acceptors (Lipinski definition) is 4. The molecule has 0 atom stereocenters. The lowest BCUT2D eigenvalue weighted by Crippen LogP contribution is -2.11. The normalized spacial score (nSPS) is 10.3. The highest BCUT2D eigenvalue weighted by Crippen LogP contribution is 2.27. The molecule has 0 fully saturated rings. The van der Waals surface area contributed by atoms with Gasteiger partial charge in [-0.15, -0.1) is 0 Å². The van der Waals surface area contributed by atoms with Crippen LogP contribution in [0.4, 0.5) is 5.69 Å². The molecule has 6 heteroatoms. The molecular formula is C14H15ClN2O3. The van der Waals surface area contributed by atoms with Crippen molar-refractivity contribution in [2.45, 2.75) is 13.5 Å². The average Bonchev–Trinajstić information content (AvgIpc) is 2.91. The van der Waals surface area contributed by atoms with E-state index in [0.29, 0.717) is 28.8 Å². The van der Waals surface area contributed by atoms with E-state index in [-0.39, 0.29) is 18.2 Å². The van der Waals surface area contributed by atoms with Crippen LogP contribution in [-0.2, 0) is 6.54 Å². The van der Waals surface area contributed by atoms with Crippen molar-refractivity contribution in [2.75, 3.05) is 11.9 Å². The maximum Gasteiger partial charge on any atom is 0.291 e. The lowest BCUT2D eigenvalue weighted by molar-refractivity contribution is 0.0995. The van der Waals surface area contributed by atoms with Gasteiger partial charge in [-0.05, 0) is 37.3 Å². The van der Waals surface area contributed by atoms with Crippen LogP contribution in [0.3, 0.4) is 0 Å². The van der Waals surface area contributed by atoms with Gasteiger partial charge in [0, 0.05) is 5.69 Å². The third-order valence-corrected chi connectivity index (χ3v) is 2.87. The van der Waals surface area contributed by atoms with Gasteiger partial charge in [0.1, 0.15) is 11.5 Å². The van der Waals surface area contributed by atoms with Gasteiger partial charge in [-0.2, -0.15) is 0 Å². The largest absolute Gasteiger partial charge is 0.492 e. The molecule has 0 aliphatic carbocycles. The maximum atomic E-state index is 11.9. The summed E-state index contributed by atoms with van der Waals surface area (Å²) in [6, 6.07) is 8.28. The Kier molecular flexibility index (Phi) is 4.65. The van der Waals surface area contributed by atoms with Crippen LogP contribution in [0, 0.1) is 0 Å². The van der Waals surface area contributed by atoms with Crippen molar-refractivity contribution in [2.24, 2.45) is 5.73 Å². The number of nitrogens with two attached hydrogens (primary N) is 1. The topological polar surface area (TPSA) is 77.5 Å². The molecule has 20 heavy (non-hydrogen) atoms. The summed E-state index contributed by atoms with van der Waals surface area (Å²) in [6.45, 7) is 2.65. The summed E-state index contributed by atoms with van der Waals surface area (Å²) < 4.78 is 10.6. The predicted molar refractivity (Wildman–Crippen MR) is 77.2 cm³/mol. The molecule has 1 amide bonds. The number of benzene rings is 1. The summed E-state index contributed by atoms with van der Waals surface area (Å²) >= 11 is 6.05. The zero-order valence-corrected chi connectivity index (χ0v) is 11.7. The van der Waals surface area contributed by atoms with E-state index in [1.165, 1.54) is 0 Å². The van der Waals surface area contributed by atoms with Crippen molar-refractivity contribution in [3.8, 4) is 5.75 Å². The van der Waals surface area contributed by atoms with Gasteiger partial charge >= 0.3 is 0 Å². The maximum absolute atomic E-state index is 11.9. The number of hydrogen-bond donors (Lipinski definition) is 2. The van der Waals surface area contributed by atoms with Crippen molar-refractivity contribution >= 4 is 23.2 Å². The van der Waals surface area contributed by atoms with Gasteiger partial charge in [-0.1, -0.05) is 11.6 Å². The number of amides is 1. The Labute approximate surface area is 121 Å². The van der Waals surface area contributed by atoms with Crippen LogP contribution in [0.25, 0.3) is 0 Å². The summed E-state index contributed by atoms with van der Waals surface area (Å²) in [6.07, 6.45) is 0. The Hall–Kier alpha value is -1.98. The first kappa shape index (κ1) is 14.4. The fraction of sp³-hybridized carbons (Fsp3) is 0.214. The van der Waals surface area contributed by atoms with Crippen LogP contribution in [0.15, 0.2) is 34.7 Å². The standard InChI is InChI=1S/C14H15ClN2O3/c1-2-19-12-5-3-9(7-11(12)15)17-14(18)13-6-4-10(8-16)20-13/h3-7H,2,8,16H2,1H3,(H,17,18). The second kappa shape index (κ2) is 6.45. The molecule has 5 nitrogen and oxygen atoms in total. The van der Waals surface area contributed by atoms with E-state index in [1.807, 2.05) is 6.92 Å². The quantitative estimate of drug-likeness (QED) is 0.888. The fourth-order valence-electron chi connectivity index (χ4n) is 1.65. The molecule has 0 aliphatic heterocycles. The van der Waals surface area contributed by atoms with E-state index in [0.717, 1.165) is 0 Å². The molecule has 0 saturated heterocycles. The lowest BCUT2D eigenvalue weighted by Gasteiger charge is -2.08. The molecule has 2 rings (SSSR count). The lowest BCUT2D eigenvalue weighted by atomic mass is 10.3. The highest BCUT2D eigenvalue weighted by Gasteiger charge is 2.12. The first-order valence-electron chi connectivity index (χ1n) is 6.16. The van der Waals surface area contributed by atoms with E-state index in [4.69, 9.17) is 26.5 Å². The summed E-state index contributed by atoms with van der Waals surface area (Å²) in [5.41, 5.74) is 5.99. The Balaban J connectivity index is 2.09. The number of halogens is 1. The number of anilines is 1. The summed E-state index contributed by atoms with van der Waals surface area (Å²) in [7, 11) is 0. The first-order valence-corrected chi connectivity index (χ1v) is 6.54. The van der Waals surface area contributed by atoms with Crippen LogP contribution in [-0.4, -0.2) is 12.5 Å². The minimum Gasteiger partial charge on any atom is -0.492 e. The van der Waals surface area contributed by atoms with Crippen LogP contribution >= 0.6 is 11.6 Å². The van der Waals surface area contributed by atoms with E-state index in [2.05, 4.69) is 5.32 Å². The molecule has 1 heterocycles. The van der Waals surface area contributed by atoms with Gasteiger partial charge in [-0.25, -0.2) is 0 Å². The third-order valence-electron chi connectivity index (χ3n) is 2.58. The highest BCUT2D eigenvalue weighted by atomic mass is 35.5. The molecule has 3 N–H and O–H groups in total. The monoisotopic (exact) mass is 294 g/mol. The molecule has 1 aromatic heterocycles. The smallest absolute Gasteiger partial charge is 0.291 e. The number of nitrogens with one attached hydrogen (secondary N) is 1. The van der Waals surface area contributed by atoms with Crippen LogP contribution in [0.5, 0.6) is 5.75 Å². The van der Waals surface area contributed by atoms with Crippen molar-refractivity contribution in [3.05, 3.63) is 46.9 Å². The van der Waals surface area contributed by atoms with E-state index >= 15 is 0 Å². The predicted octanol–water partition coefficient (Wildman–Crippen LogP) is 3.04. The minimum atomic E-state index is -0.357. The molecule has 0 unspecified atom stereocenters. The van der Waals surface area contributed by atoms with E-state index in [1.54, 1.807) is 30.3 Å². The third kappa shape index (κ3) is 3.31. The molecule has 0 spiro atoms. The number of carbonyl (C=O) groups excluding carboxylic acids is 1. The zero-order chi connectivity index (χ0) is 14.5. The number of ether oxygens (including phenoxy) is 1. The Morgan fingerprint density at radius 1 is 1.40 bits per heavy atom. The number of carbonyl (C=O) groups is 1. The van der Waals surface area contributed by atoms with Crippen molar-refractivity contribution in [1.29, 1.82) is 0 Å². The van der Waals surface area contributed by atoms with Gasteiger partial charge in [0.05, 0.1) is 18.2 Å². The Morgan fingerprint density at radius 2 is 2.20 bits per heavy atom. The highest BCUT2D eigenvalue weighted by molar-refractivity contribution is 6.32. The molecular weight excluding hydrogens is 280 g/mol. The number of rotatable bonds is 5. The number of furan rings is 1. The summed E-state index contributed by atoms with van der Waals surface area (Å²) in [4.78, 5) is 11.9. The Morgan fingerprint density at radius 3 is 2.80 bits per heavy atom. The molecule has 0 bridgehead atoms. The van der Waals surface area contributed by atoms with Crippen molar-refractivity contribution < 1.29 is 13.9 Å². The second-order valence-corrected chi connectivity index (χ2v) is 4.41. The zero-order valence-electron chi connectivity index (χ0n) is 11.0. The summed E-state index contributed by atoms with van der Waals surface area (Å²) in [5.74, 6) is 0.982. The van der Waals surface area contributed by atoms with Crippen molar-refractivity contribution in [3.63, 3.8) is 0 Å². The second-order valence-electron chi connectivity index (χ2n) is 4.00. The van der Waals surface area contributed by atoms with Gasteiger partial charge < -0.3 is 20.2 Å². The van der Waals surface area contributed by atoms with Gasteiger partial charge in [0.25, 0.3) is 5.91 Å². The molecule has 0 aliphatic rings. The molecule has 1 aromatic carbocycles. The van der Waals surface area contributed by atoms with Gasteiger partial charge in [0.2, 0.25) is 0 Å². The molecule has 106 valence electrons. The fourth-order valence-corrected chi connectivity index (χ4v) is 1.89. The van der Waals surface area contributed by atoms with E-state index < -0.39 is 0 Å². The average molecular weight is 295 g/mol. The van der Waals surface area contributed by atoms with Crippen LogP contribution in [0.2, 0.25) is 5.02 Å². The molecule has 0 saturated carbocycles. The molecule has 0 radical (unpaired) electrons. The van der Waals surface area contributed by atoms with Crippen LogP contribution in [0.1, 0.15) is 23.2 Å². The van der Waals surface area contributed by atoms with Gasteiger partial charge in [-0.3, -0.25) is 4.79 Å². The Bertz CT molecular complexity index is 610. The van der Waals surface area contributed by atoms with Crippen molar-refractivity contribution in [1.82, 2.24) is 0 Å². The minimum absolute atomic E-state index is 0.204. The van der Waals surface area contributed by atoms with Crippen LogP contribution < -0.4 is 15.8 Å². The molecule has 2 aromatic rings. The van der Waals surface area contributed by atoms with E-state index in [9.17, 15) is 4.79 Å². The summed E-state index contributed by atoms with van der Waals surface area (Å²) in [5, 5.41) is 3.13. The first-order chi connectivity index (χ1) is 9.63. The van der Waals surface area contributed by atoms with Gasteiger partial charge in [0.15, 0.2) is 5.76 Å².